The van der Waals surface area contributed by atoms with Gasteiger partial charge >= 0.3 is 32.0 Å². The van der Waals surface area contributed by atoms with Crippen molar-refractivity contribution in [3.8, 4) is 0 Å². The van der Waals surface area contributed by atoms with Gasteiger partial charge in [-0.3, -0.25) is 9.11 Å². The van der Waals surface area contributed by atoms with Crippen molar-refractivity contribution in [3.05, 3.63) is 0 Å². The maximum atomic E-state index is 9.50. The Morgan fingerprint density at radius 3 is 1.29 bits per heavy atom. The Balaban J connectivity index is 0. The third-order valence-electron chi connectivity index (χ3n) is 0. The minimum atomic E-state index is -4.67. The van der Waals surface area contributed by atoms with Crippen LogP contribution in [-0.4, -0.2) is 35.7 Å². The van der Waals surface area contributed by atoms with Gasteiger partial charge < -0.3 is 0 Å². The van der Waals surface area contributed by atoms with Gasteiger partial charge in [-0.05, 0) is 0 Å². The predicted molar refractivity (Wildman–Crippen MR) is 21.0 cm³/mol. The molecule has 0 bridgehead atoms. The molecule has 0 aromatic carbocycles. The van der Waals surface area contributed by atoms with Crippen LogP contribution in [0.2, 0.25) is 0 Å². The fraction of sp³-hybridized carbons (Fsp3) is 0. The van der Waals surface area contributed by atoms with E-state index in [0.717, 1.165) is 0 Å². The molecule has 0 aliphatic heterocycles. The van der Waals surface area contributed by atoms with Crippen LogP contribution in [0.5, 0.6) is 0 Å². The van der Waals surface area contributed by atoms with Crippen molar-refractivity contribution in [2.24, 2.45) is 0 Å². The van der Waals surface area contributed by atoms with Crippen molar-refractivity contribution in [1.82, 2.24) is 0 Å². The molecule has 0 fully saturated rings. The molecule has 4 nitrogen and oxygen atoms in total. The van der Waals surface area contributed by atoms with Gasteiger partial charge in [0.05, 0.1) is 0 Å². The van der Waals surface area contributed by atoms with Gasteiger partial charge in [0.2, 0.25) is 0 Å². The first-order valence-electron chi connectivity index (χ1n) is 1.08. The van der Waals surface area contributed by atoms with E-state index in [4.69, 9.17) is 17.5 Å². The normalized spacial score (nSPS) is 9.29. The van der Waals surface area contributed by atoms with Gasteiger partial charge in [0.15, 0.2) is 0 Å². The number of rotatable bonds is 0. The average Bonchev–Trinajstić information content (AvgIpc) is 1.36. The number of hydrogen-bond donors (Lipinski definition) is 2. The molecule has 2 N–H and O–H groups in total. The second-order valence-electron chi connectivity index (χ2n) is 0.448. The molecule has 0 aromatic rings. The molecule has 0 aromatic heterocycles. The molecule has 0 amide bonds. The van der Waals surface area contributed by atoms with Crippen LogP contribution in [0.15, 0.2) is 0 Å². The molecule has 40 valence electrons. The van der Waals surface area contributed by atoms with Gasteiger partial charge in [0, 0.05) is 0 Å². The van der Waals surface area contributed by atoms with Crippen LogP contribution in [-0.2, 0) is 10.4 Å². The zero-order valence-electron chi connectivity index (χ0n) is 3.50. The van der Waals surface area contributed by atoms with Crippen LogP contribution in [0.25, 0.3) is 0 Å². The van der Waals surface area contributed by atoms with E-state index < -0.39 is 10.4 Å². The topological polar surface area (TPSA) is 74.6 Å². The SMILES string of the molecule is O=S(=O)(O)O.[Li][F]. The Kier molecular flexibility index (Phi) is 6.76. The fourth-order valence-electron chi connectivity index (χ4n) is 0. The predicted octanol–water partition coefficient (Wildman–Crippen LogP) is -0.613. The number of hydrogen-bond acceptors (Lipinski definition) is 2. The summed E-state index contributed by atoms with van der Waals surface area (Å²) in [4.78, 5) is 0. The molecule has 0 heterocycles. The first kappa shape index (κ1) is 10.4. The number of halogens is 1. The summed E-state index contributed by atoms with van der Waals surface area (Å²) in [7, 11) is -4.67. The summed E-state index contributed by atoms with van der Waals surface area (Å²) >= 11 is 0.500. The van der Waals surface area contributed by atoms with Crippen molar-refractivity contribution < 1.29 is 20.9 Å². The summed E-state index contributed by atoms with van der Waals surface area (Å²) in [5, 5.41) is 0. The Morgan fingerprint density at radius 2 is 1.29 bits per heavy atom. The Hall–Kier alpha value is 0.397. The first-order valence-corrected chi connectivity index (χ1v) is 2.47. The summed E-state index contributed by atoms with van der Waals surface area (Å²) in [6, 6.07) is 0. The van der Waals surface area contributed by atoms with Gasteiger partial charge in [0.25, 0.3) is 0 Å². The van der Waals surface area contributed by atoms with Crippen LogP contribution in [0.4, 0.5) is 3.38 Å². The van der Waals surface area contributed by atoms with Crippen molar-refractivity contribution >= 4 is 28.6 Å². The monoisotopic (exact) mass is 124 g/mol. The molecule has 0 unspecified atom stereocenters. The van der Waals surface area contributed by atoms with Gasteiger partial charge in [0.1, 0.15) is 0 Å². The molecule has 0 rings (SSSR count). The first-order chi connectivity index (χ1) is 3.00. The molecule has 0 spiro atoms. The molecule has 7 heteroatoms. The molecule has 0 saturated heterocycles. The quantitative estimate of drug-likeness (QED) is 0.333. The van der Waals surface area contributed by atoms with Crippen molar-refractivity contribution in [2.75, 3.05) is 0 Å². The zero-order valence-corrected chi connectivity index (χ0v) is 4.31. The van der Waals surface area contributed by atoms with Gasteiger partial charge in [-0.25, -0.2) is 0 Å². The van der Waals surface area contributed by atoms with E-state index in [1.165, 1.54) is 0 Å². The van der Waals surface area contributed by atoms with E-state index in [1.54, 1.807) is 0 Å². The van der Waals surface area contributed by atoms with Crippen LogP contribution in [0.1, 0.15) is 0 Å². The molecule has 0 atom stereocenters. The van der Waals surface area contributed by atoms with Crippen molar-refractivity contribution in [1.29, 1.82) is 0 Å². The summed E-state index contributed by atoms with van der Waals surface area (Å²) in [5.74, 6) is 0. The Morgan fingerprint density at radius 1 is 1.29 bits per heavy atom. The van der Waals surface area contributed by atoms with E-state index in [0.29, 0.717) is 18.2 Å². The van der Waals surface area contributed by atoms with E-state index in [9.17, 15) is 3.38 Å². The minimum absolute atomic E-state index is 0.500. The van der Waals surface area contributed by atoms with Crippen LogP contribution in [0, 0.1) is 0 Å². The molecule has 0 radical (unpaired) electrons. The van der Waals surface area contributed by atoms with Gasteiger partial charge in [-0.1, -0.05) is 0 Å². The van der Waals surface area contributed by atoms with Gasteiger partial charge in [-0.15, -0.1) is 0 Å². The Labute approximate surface area is 50.0 Å². The van der Waals surface area contributed by atoms with Crippen molar-refractivity contribution in [2.45, 2.75) is 0 Å². The molecule has 0 saturated carbocycles. The van der Waals surface area contributed by atoms with Crippen LogP contribution >= 0.6 is 0 Å². The molecular formula is H2FLiO4S. The van der Waals surface area contributed by atoms with E-state index in [1.807, 2.05) is 0 Å². The average molecular weight is 124 g/mol. The molecular weight excluding hydrogens is 122 g/mol. The summed E-state index contributed by atoms with van der Waals surface area (Å²) in [6.07, 6.45) is 0. The zero-order chi connectivity index (χ0) is 6.50. The van der Waals surface area contributed by atoms with E-state index in [2.05, 4.69) is 0 Å². The van der Waals surface area contributed by atoms with E-state index >= 15 is 0 Å². The van der Waals surface area contributed by atoms with E-state index in [-0.39, 0.29) is 0 Å². The molecule has 7 heavy (non-hydrogen) atoms. The third-order valence-corrected chi connectivity index (χ3v) is 0. The molecule has 0 aliphatic rings. The molecule has 0 aliphatic carbocycles. The summed E-state index contributed by atoms with van der Waals surface area (Å²) < 4.78 is 41.1. The second kappa shape index (κ2) is 4.55. The van der Waals surface area contributed by atoms with Crippen LogP contribution in [0.3, 0.4) is 0 Å². The van der Waals surface area contributed by atoms with Gasteiger partial charge in [-0.2, -0.15) is 8.42 Å². The maximum absolute atomic E-state index is 9.50. The fourth-order valence-corrected chi connectivity index (χ4v) is 0. The van der Waals surface area contributed by atoms with Crippen molar-refractivity contribution in [3.63, 3.8) is 0 Å². The summed E-state index contributed by atoms with van der Waals surface area (Å²) in [5.41, 5.74) is 0. The van der Waals surface area contributed by atoms with Crippen LogP contribution < -0.4 is 0 Å². The summed E-state index contributed by atoms with van der Waals surface area (Å²) in [6.45, 7) is 0. The third kappa shape index (κ3) is 783. The standard InChI is InChI=1S/FH.Li.H2O4S/c;;1-5(2,3)4/h1H;;(H2,1,2,3,4)/q;+1;/p-1. The second-order valence-corrected chi connectivity index (χ2v) is 1.34. The Bertz CT molecular complexity index is 94.9.